The van der Waals surface area contributed by atoms with Gasteiger partial charge in [0, 0.05) is 12.1 Å². The standard InChI is InChI=1S/C14H12ClN5O3/c1-18-14(16-13(17-18)20(21)22)19(9-10-5-4-8-23-10)12-7-3-2-6-11(12)15/h2-8H,9H2,1H3. The molecule has 0 aliphatic rings. The summed E-state index contributed by atoms with van der Waals surface area (Å²) < 4.78 is 6.70. The molecule has 2 aromatic heterocycles. The van der Waals surface area contributed by atoms with Crippen LogP contribution in [0.2, 0.25) is 5.02 Å². The van der Waals surface area contributed by atoms with Gasteiger partial charge in [0.15, 0.2) is 0 Å². The monoisotopic (exact) mass is 333 g/mol. The first-order chi connectivity index (χ1) is 11.1. The number of aryl methyl sites for hydroxylation is 1. The maximum Gasteiger partial charge on any atom is 0.493 e. The molecule has 3 rings (SSSR count). The third kappa shape index (κ3) is 3.02. The summed E-state index contributed by atoms with van der Waals surface area (Å²) in [5.74, 6) is 0.482. The van der Waals surface area contributed by atoms with Crippen LogP contribution in [0.4, 0.5) is 17.6 Å². The molecule has 0 aliphatic carbocycles. The minimum atomic E-state index is -0.638. The molecule has 9 heteroatoms. The van der Waals surface area contributed by atoms with Crippen LogP contribution >= 0.6 is 11.6 Å². The van der Waals surface area contributed by atoms with E-state index in [0.29, 0.717) is 29.0 Å². The van der Waals surface area contributed by atoms with Gasteiger partial charge in [-0.25, -0.2) is 0 Å². The third-order valence-electron chi connectivity index (χ3n) is 3.17. The van der Waals surface area contributed by atoms with Crippen molar-refractivity contribution in [1.29, 1.82) is 0 Å². The van der Waals surface area contributed by atoms with E-state index in [1.165, 1.54) is 4.68 Å². The lowest BCUT2D eigenvalue weighted by Crippen LogP contribution is -2.20. The van der Waals surface area contributed by atoms with E-state index < -0.39 is 10.9 Å². The number of rotatable bonds is 5. The molecule has 0 bridgehead atoms. The van der Waals surface area contributed by atoms with Gasteiger partial charge in [-0.15, -0.1) is 0 Å². The van der Waals surface area contributed by atoms with E-state index in [-0.39, 0.29) is 0 Å². The molecule has 23 heavy (non-hydrogen) atoms. The molecule has 0 saturated carbocycles. The van der Waals surface area contributed by atoms with Crippen LogP contribution in [-0.4, -0.2) is 19.7 Å². The summed E-state index contributed by atoms with van der Waals surface area (Å²) in [6.45, 7) is 0.306. The number of nitrogens with zero attached hydrogens (tertiary/aromatic N) is 5. The maximum atomic E-state index is 10.9. The molecule has 2 heterocycles. The van der Waals surface area contributed by atoms with Crippen LogP contribution in [0.25, 0.3) is 0 Å². The van der Waals surface area contributed by atoms with Crippen molar-refractivity contribution in [3.63, 3.8) is 0 Å². The van der Waals surface area contributed by atoms with Crippen LogP contribution in [0.1, 0.15) is 5.76 Å². The topological polar surface area (TPSA) is 90.2 Å². The highest BCUT2D eigenvalue weighted by Crippen LogP contribution is 2.32. The molecule has 0 atom stereocenters. The van der Waals surface area contributed by atoms with Crippen LogP contribution < -0.4 is 4.90 Å². The van der Waals surface area contributed by atoms with Crippen molar-refractivity contribution in [1.82, 2.24) is 14.8 Å². The maximum absolute atomic E-state index is 10.9. The Kier molecular flexibility index (Phi) is 3.98. The van der Waals surface area contributed by atoms with Gasteiger partial charge >= 0.3 is 11.9 Å². The van der Waals surface area contributed by atoms with E-state index >= 15 is 0 Å². The molecule has 3 aromatic rings. The summed E-state index contributed by atoms with van der Waals surface area (Å²) in [4.78, 5) is 16.0. The Labute approximate surface area is 136 Å². The summed E-state index contributed by atoms with van der Waals surface area (Å²) >= 11 is 6.27. The van der Waals surface area contributed by atoms with E-state index in [9.17, 15) is 10.1 Å². The summed E-state index contributed by atoms with van der Waals surface area (Å²) in [5, 5.41) is 15.2. The van der Waals surface area contributed by atoms with Gasteiger partial charge < -0.3 is 14.5 Å². The Morgan fingerprint density at radius 1 is 1.35 bits per heavy atom. The second kappa shape index (κ2) is 6.09. The summed E-state index contributed by atoms with van der Waals surface area (Å²) in [5.41, 5.74) is 0.649. The normalized spacial score (nSPS) is 10.7. The predicted octanol–water partition coefficient (Wildman–Crippen LogP) is 3.31. The lowest BCUT2D eigenvalue weighted by atomic mass is 10.3. The molecular weight excluding hydrogens is 322 g/mol. The number of aromatic nitrogens is 3. The fraction of sp³-hybridized carbons (Fsp3) is 0.143. The average Bonchev–Trinajstić information content (AvgIpc) is 3.15. The van der Waals surface area contributed by atoms with Crippen LogP contribution in [0.5, 0.6) is 0 Å². The minimum Gasteiger partial charge on any atom is -0.467 e. The van der Waals surface area contributed by atoms with E-state index in [2.05, 4.69) is 10.1 Å². The zero-order chi connectivity index (χ0) is 16.4. The van der Waals surface area contributed by atoms with Gasteiger partial charge in [0.25, 0.3) is 0 Å². The second-order valence-corrected chi connectivity index (χ2v) is 5.12. The number of halogens is 1. The quantitative estimate of drug-likeness (QED) is 0.525. The molecule has 0 amide bonds. The van der Waals surface area contributed by atoms with Crippen molar-refractivity contribution in [3.05, 3.63) is 63.6 Å². The van der Waals surface area contributed by atoms with Gasteiger partial charge in [-0.3, -0.25) is 4.90 Å². The van der Waals surface area contributed by atoms with Crippen LogP contribution in [0.15, 0.2) is 47.1 Å². The lowest BCUT2D eigenvalue weighted by molar-refractivity contribution is -0.394. The molecule has 0 aliphatic heterocycles. The lowest BCUT2D eigenvalue weighted by Gasteiger charge is -2.20. The summed E-state index contributed by atoms with van der Waals surface area (Å²) in [7, 11) is 1.58. The number of hydrogen-bond donors (Lipinski definition) is 0. The Morgan fingerprint density at radius 3 is 2.74 bits per heavy atom. The minimum absolute atomic E-state index is 0.293. The van der Waals surface area contributed by atoms with Crippen molar-refractivity contribution < 1.29 is 9.34 Å². The van der Waals surface area contributed by atoms with Gasteiger partial charge in [-0.1, -0.05) is 23.7 Å². The fourth-order valence-electron chi connectivity index (χ4n) is 2.17. The van der Waals surface area contributed by atoms with E-state index in [4.69, 9.17) is 16.0 Å². The van der Waals surface area contributed by atoms with Gasteiger partial charge in [0.2, 0.25) is 0 Å². The van der Waals surface area contributed by atoms with Crippen LogP contribution in [0, 0.1) is 10.1 Å². The highest BCUT2D eigenvalue weighted by molar-refractivity contribution is 6.33. The number of anilines is 2. The Hall–Kier alpha value is -2.87. The molecule has 0 spiro atoms. The number of nitro groups is 1. The molecule has 0 N–H and O–H groups in total. The van der Waals surface area contributed by atoms with Gasteiger partial charge in [-0.2, -0.15) is 4.68 Å². The van der Waals surface area contributed by atoms with Crippen molar-refractivity contribution in [2.24, 2.45) is 7.05 Å². The number of hydrogen-bond acceptors (Lipinski definition) is 6. The highest BCUT2D eigenvalue weighted by Gasteiger charge is 2.27. The van der Waals surface area contributed by atoms with Crippen LogP contribution in [0.3, 0.4) is 0 Å². The smallest absolute Gasteiger partial charge is 0.467 e. The number of para-hydroxylation sites is 1. The molecule has 0 saturated heterocycles. The first-order valence-electron chi connectivity index (χ1n) is 6.66. The van der Waals surface area contributed by atoms with Crippen LogP contribution in [-0.2, 0) is 13.6 Å². The summed E-state index contributed by atoms with van der Waals surface area (Å²) in [6, 6.07) is 10.7. The SMILES string of the molecule is Cn1nc([N+](=O)[O-])nc1N(Cc1ccco1)c1ccccc1Cl. The molecule has 0 radical (unpaired) electrons. The predicted molar refractivity (Wildman–Crippen MR) is 83.7 cm³/mol. The Bertz CT molecular complexity index is 831. The molecule has 0 fully saturated rings. The molecule has 0 unspecified atom stereocenters. The van der Waals surface area contributed by atoms with Crippen molar-refractivity contribution in [2.75, 3.05) is 4.90 Å². The number of benzene rings is 1. The number of furan rings is 1. The van der Waals surface area contributed by atoms with E-state index in [1.54, 1.807) is 48.5 Å². The largest absolute Gasteiger partial charge is 0.493 e. The fourth-order valence-corrected chi connectivity index (χ4v) is 2.41. The second-order valence-electron chi connectivity index (χ2n) is 4.71. The zero-order valence-corrected chi connectivity index (χ0v) is 12.8. The first-order valence-corrected chi connectivity index (χ1v) is 7.04. The molecule has 1 aromatic carbocycles. The van der Waals surface area contributed by atoms with E-state index in [0.717, 1.165) is 0 Å². The zero-order valence-electron chi connectivity index (χ0n) is 12.1. The molecular formula is C14H12ClN5O3. The molecule has 118 valence electrons. The molecule has 8 nitrogen and oxygen atoms in total. The third-order valence-corrected chi connectivity index (χ3v) is 3.49. The average molecular weight is 334 g/mol. The van der Waals surface area contributed by atoms with Crippen molar-refractivity contribution in [2.45, 2.75) is 6.54 Å². The van der Waals surface area contributed by atoms with Gasteiger partial charge in [-0.05, 0) is 34.2 Å². The highest BCUT2D eigenvalue weighted by atomic mass is 35.5. The Morgan fingerprint density at radius 2 is 2.13 bits per heavy atom. The first kappa shape index (κ1) is 15.0. The van der Waals surface area contributed by atoms with Gasteiger partial charge in [0.05, 0.1) is 23.5 Å². The van der Waals surface area contributed by atoms with Gasteiger partial charge in [0.1, 0.15) is 5.76 Å². The summed E-state index contributed by atoms with van der Waals surface area (Å²) in [6.07, 6.45) is 1.55. The van der Waals surface area contributed by atoms with E-state index in [1.807, 2.05) is 6.07 Å². The van der Waals surface area contributed by atoms with Crippen molar-refractivity contribution in [3.8, 4) is 0 Å². The Balaban J connectivity index is 2.08. The van der Waals surface area contributed by atoms with Crippen molar-refractivity contribution >= 4 is 29.2 Å².